The molecule has 4 heteroatoms. The van der Waals surface area contributed by atoms with Crippen LogP contribution in [0.4, 0.5) is 0 Å². The molecule has 0 saturated carbocycles. The molecular formula is C16H18N4. The van der Waals surface area contributed by atoms with E-state index in [0.717, 1.165) is 30.8 Å². The first-order valence-corrected chi connectivity index (χ1v) is 6.84. The highest BCUT2D eigenvalue weighted by Crippen LogP contribution is 2.14. The Bertz CT molecular complexity index is 689. The number of fused-ring (bicyclic) bond motifs is 1. The molecule has 0 unspecified atom stereocenters. The molecule has 3 aromatic rings. The van der Waals surface area contributed by atoms with Crippen LogP contribution in [0.25, 0.3) is 10.9 Å². The topological polar surface area (TPSA) is 42.7 Å². The van der Waals surface area contributed by atoms with Crippen molar-refractivity contribution in [3.05, 3.63) is 60.3 Å². The van der Waals surface area contributed by atoms with Gasteiger partial charge in [-0.05, 0) is 30.7 Å². The summed E-state index contributed by atoms with van der Waals surface area (Å²) in [6, 6.07) is 10.6. The molecule has 0 saturated heterocycles. The molecule has 0 radical (unpaired) electrons. The van der Waals surface area contributed by atoms with Crippen LogP contribution >= 0.6 is 0 Å². The van der Waals surface area contributed by atoms with Crippen molar-refractivity contribution in [2.24, 2.45) is 0 Å². The maximum atomic E-state index is 4.52. The summed E-state index contributed by atoms with van der Waals surface area (Å²) in [4.78, 5) is 8.54. The molecule has 1 aromatic carbocycles. The summed E-state index contributed by atoms with van der Waals surface area (Å²) >= 11 is 0. The SMILES string of the molecule is Cc1ccc2cc(CNCCn3ccnc3)ccc2n1. The van der Waals surface area contributed by atoms with Gasteiger partial charge in [0.1, 0.15) is 0 Å². The monoisotopic (exact) mass is 266 g/mol. The second-order valence-electron chi connectivity index (χ2n) is 4.96. The lowest BCUT2D eigenvalue weighted by molar-refractivity contribution is 0.597. The first-order chi connectivity index (χ1) is 9.81. The van der Waals surface area contributed by atoms with E-state index in [-0.39, 0.29) is 0 Å². The molecule has 3 rings (SSSR count). The number of hydrogen-bond donors (Lipinski definition) is 1. The van der Waals surface area contributed by atoms with E-state index in [1.807, 2.05) is 19.4 Å². The zero-order valence-electron chi connectivity index (χ0n) is 11.6. The molecule has 0 atom stereocenters. The van der Waals surface area contributed by atoms with Gasteiger partial charge in [0.2, 0.25) is 0 Å². The molecule has 0 aliphatic rings. The van der Waals surface area contributed by atoms with Gasteiger partial charge < -0.3 is 9.88 Å². The van der Waals surface area contributed by atoms with Gasteiger partial charge in [-0.3, -0.25) is 4.98 Å². The Morgan fingerprint density at radius 1 is 1.20 bits per heavy atom. The Labute approximate surface area is 118 Å². The van der Waals surface area contributed by atoms with E-state index < -0.39 is 0 Å². The molecule has 0 fully saturated rings. The average molecular weight is 266 g/mol. The van der Waals surface area contributed by atoms with Gasteiger partial charge >= 0.3 is 0 Å². The van der Waals surface area contributed by atoms with Crippen LogP contribution in [0.3, 0.4) is 0 Å². The van der Waals surface area contributed by atoms with E-state index in [1.54, 1.807) is 6.20 Å². The predicted molar refractivity (Wildman–Crippen MR) is 80.4 cm³/mol. The molecule has 0 aliphatic heterocycles. The second kappa shape index (κ2) is 5.84. The fourth-order valence-corrected chi connectivity index (χ4v) is 2.25. The van der Waals surface area contributed by atoms with E-state index in [9.17, 15) is 0 Å². The van der Waals surface area contributed by atoms with Crippen molar-refractivity contribution in [2.45, 2.75) is 20.0 Å². The quantitative estimate of drug-likeness (QED) is 0.722. The Hall–Kier alpha value is -2.20. The van der Waals surface area contributed by atoms with Gasteiger partial charge in [0.05, 0.1) is 11.8 Å². The van der Waals surface area contributed by atoms with Crippen LogP contribution in [-0.2, 0) is 13.1 Å². The Morgan fingerprint density at radius 2 is 2.15 bits per heavy atom. The summed E-state index contributed by atoms with van der Waals surface area (Å²) < 4.78 is 2.07. The Morgan fingerprint density at radius 3 is 3.00 bits per heavy atom. The smallest absolute Gasteiger partial charge is 0.0946 e. The van der Waals surface area contributed by atoms with Gasteiger partial charge in [0, 0.05) is 43.1 Å². The lowest BCUT2D eigenvalue weighted by Crippen LogP contribution is -2.18. The minimum Gasteiger partial charge on any atom is -0.336 e. The molecule has 2 heterocycles. The molecule has 4 nitrogen and oxygen atoms in total. The zero-order valence-corrected chi connectivity index (χ0v) is 11.6. The first kappa shape index (κ1) is 12.8. The molecule has 20 heavy (non-hydrogen) atoms. The van der Waals surface area contributed by atoms with Crippen LogP contribution < -0.4 is 5.32 Å². The number of pyridine rings is 1. The molecule has 0 amide bonds. The number of rotatable bonds is 5. The molecule has 1 N–H and O–H groups in total. The standard InChI is InChI=1S/C16H18N4/c1-13-2-4-15-10-14(3-5-16(15)19-13)11-17-6-8-20-9-7-18-12-20/h2-5,7,9-10,12,17H,6,8,11H2,1H3. The number of nitrogens with one attached hydrogen (secondary N) is 1. The molecule has 102 valence electrons. The van der Waals surface area contributed by atoms with Crippen molar-refractivity contribution in [2.75, 3.05) is 6.54 Å². The van der Waals surface area contributed by atoms with E-state index in [1.165, 1.54) is 10.9 Å². The summed E-state index contributed by atoms with van der Waals surface area (Å²) in [6.45, 7) is 4.76. The normalized spacial score (nSPS) is 11.1. The molecule has 0 bridgehead atoms. The Kier molecular flexibility index (Phi) is 3.74. The van der Waals surface area contributed by atoms with Crippen molar-refractivity contribution in [3.63, 3.8) is 0 Å². The van der Waals surface area contributed by atoms with Crippen LogP contribution in [0.2, 0.25) is 0 Å². The predicted octanol–water partition coefficient (Wildman–Crippen LogP) is 2.53. The number of hydrogen-bond acceptors (Lipinski definition) is 3. The van der Waals surface area contributed by atoms with Crippen molar-refractivity contribution in [1.82, 2.24) is 19.9 Å². The maximum Gasteiger partial charge on any atom is 0.0946 e. The number of nitrogens with zero attached hydrogens (tertiary/aromatic N) is 3. The van der Waals surface area contributed by atoms with Crippen LogP contribution in [-0.4, -0.2) is 21.1 Å². The van der Waals surface area contributed by atoms with Gasteiger partial charge in [-0.2, -0.15) is 0 Å². The third-order valence-corrected chi connectivity index (χ3v) is 3.33. The highest BCUT2D eigenvalue weighted by Gasteiger charge is 1.98. The van der Waals surface area contributed by atoms with E-state index in [4.69, 9.17) is 0 Å². The summed E-state index contributed by atoms with van der Waals surface area (Å²) in [5, 5.41) is 4.65. The largest absolute Gasteiger partial charge is 0.336 e. The third kappa shape index (κ3) is 3.03. The van der Waals surface area contributed by atoms with Crippen molar-refractivity contribution in [1.29, 1.82) is 0 Å². The Balaban J connectivity index is 1.58. The highest BCUT2D eigenvalue weighted by molar-refractivity contribution is 5.79. The van der Waals surface area contributed by atoms with Crippen LogP contribution in [0.5, 0.6) is 0 Å². The lowest BCUT2D eigenvalue weighted by atomic mass is 10.1. The summed E-state index contributed by atoms with van der Waals surface area (Å²) in [5.41, 5.74) is 3.41. The van der Waals surface area contributed by atoms with Crippen molar-refractivity contribution < 1.29 is 0 Å². The number of aromatic nitrogens is 3. The fourth-order valence-electron chi connectivity index (χ4n) is 2.25. The van der Waals surface area contributed by atoms with Crippen LogP contribution in [0.1, 0.15) is 11.3 Å². The minimum absolute atomic E-state index is 0.874. The van der Waals surface area contributed by atoms with Gasteiger partial charge in [-0.1, -0.05) is 12.1 Å². The number of aryl methyl sites for hydroxylation is 1. The molecule has 0 spiro atoms. The van der Waals surface area contributed by atoms with Gasteiger partial charge in [0.15, 0.2) is 0 Å². The van der Waals surface area contributed by atoms with E-state index in [0.29, 0.717) is 0 Å². The van der Waals surface area contributed by atoms with Crippen LogP contribution in [0, 0.1) is 6.92 Å². The third-order valence-electron chi connectivity index (χ3n) is 3.33. The average Bonchev–Trinajstić information content (AvgIpc) is 2.97. The van der Waals surface area contributed by atoms with E-state index in [2.05, 4.69) is 50.2 Å². The minimum atomic E-state index is 0.874. The fraction of sp³-hybridized carbons (Fsp3) is 0.250. The van der Waals surface area contributed by atoms with Crippen molar-refractivity contribution >= 4 is 10.9 Å². The molecule has 0 aliphatic carbocycles. The molecular weight excluding hydrogens is 248 g/mol. The number of imidazole rings is 1. The van der Waals surface area contributed by atoms with Crippen molar-refractivity contribution in [3.8, 4) is 0 Å². The molecule has 2 aromatic heterocycles. The van der Waals surface area contributed by atoms with Gasteiger partial charge in [-0.15, -0.1) is 0 Å². The first-order valence-electron chi connectivity index (χ1n) is 6.84. The highest BCUT2D eigenvalue weighted by atomic mass is 15.0. The zero-order chi connectivity index (χ0) is 13.8. The van der Waals surface area contributed by atoms with Gasteiger partial charge in [-0.25, -0.2) is 4.98 Å². The lowest BCUT2D eigenvalue weighted by Gasteiger charge is -2.07. The van der Waals surface area contributed by atoms with Crippen LogP contribution in [0.15, 0.2) is 49.1 Å². The summed E-state index contributed by atoms with van der Waals surface area (Å²) in [6.07, 6.45) is 5.62. The summed E-state index contributed by atoms with van der Waals surface area (Å²) in [7, 11) is 0. The maximum absolute atomic E-state index is 4.52. The van der Waals surface area contributed by atoms with Gasteiger partial charge in [0.25, 0.3) is 0 Å². The van der Waals surface area contributed by atoms with E-state index >= 15 is 0 Å². The second-order valence-corrected chi connectivity index (χ2v) is 4.96. The number of benzene rings is 1. The summed E-state index contributed by atoms with van der Waals surface area (Å²) in [5.74, 6) is 0.